The topological polar surface area (TPSA) is 144 Å². The molecule has 2 heterocycles. The summed E-state index contributed by atoms with van der Waals surface area (Å²) in [5.74, 6) is 0.0295. The van der Waals surface area contributed by atoms with Crippen molar-refractivity contribution in [1.29, 1.82) is 5.41 Å². The van der Waals surface area contributed by atoms with Gasteiger partial charge in [-0.2, -0.15) is 9.19 Å². The van der Waals surface area contributed by atoms with Crippen molar-refractivity contribution < 1.29 is 12.6 Å². The molecule has 0 fully saturated rings. The highest BCUT2D eigenvalue weighted by atomic mass is 32.2. The van der Waals surface area contributed by atoms with Crippen molar-refractivity contribution in [2.24, 2.45) is 0 Å². The minimum absolute atomic E-state index is 0.0295. The van der Waals surface area contributed by atoms with Crippen molar-refractivity contribution in [3.05, 3.63) is 96.8 Å². The summed E-state index contributed by atoms with van der Waals surface area (Å²) in [4.78, 5) is 4.95. The molecule has 180 valence electrons. The van der Waals surface area contributed by atoms with Crippen molar-refractivity contribution in [3.8, 4) is 11.1 Å². The summed E-state index contributed by atoms with van der Waals surface area (Å²) in [5, 5.41) is 12.8. The Morgan fingerprint density at radius 1 is 0.944 bits per heavy atom. The number of hydrogen-bond donors (Lipinski definition) is 3. The van der Waals surface area contributed by atoms with Gasteiger partial charge in [0.05, 0.1) is 21.5 Å². The first kappa shape index (κ1) is 23.4. The number of benzene rings is 3. The fourth-order valence-electron chi connectivity index (χ4n) is 3.69. The van der Waals surface area contributed by atoms with Gasteiger partial charge in [-0.05, 0) is 48.0 Å². The van der Waals surface area contributed by atoms with E-state index in [2.05, 4.69) is 14.8 Å². The normalized spacial score (nSPS) is 12.3. The highest BCUT2D eigenvalue weighted by Gasteiger charge is 2.18. The molecule has 2 aromatic heterocycles. The minimum Gasteiger partial charge on any atom is -0.398 e. The standard InChI is InChI=1S/C25H20N6O3S2/c26-14-18-11-19(15-28-25(18)30-36(33,34)21-9-5-2-6-10-21)17-12-23(27)22-16-29-31(24(22)13-17)35(32)20-7-3-1-4-8-20/h1-16,26H,27H2,(H,28,30). The largest absolute Gasteiger partial charge is 0.398 e. The maximum Gasteiger partial charge on any atom is 0.263 e. The highest BCUT2D eigenvalue weighted by Crippen LogP contribution is 2.31. The summed E-state index contributed by atoms with van der Waals surface area (Å²) in [5.41, 5.74) is 8.81. The number of hydrogen-bond acceptors (Lipinski definition) is 7. The molecule has 11 heteroatoms. The van der Waals surface area contributed by atoms with Crippen molar-refractivity contribution >= 4 is 49.6 Å². The second-order valence-corrected chi connectivity index (χ2v) is 10.8. The molecule has 36 heavy (non-hydrogen) atoms. The molecular formula is C25H20N6O3S2. The molecule has 0 aliphatic carbocycles. The van der Waals surface area contributed by atoms with E-state index in [1.807, 2.05) is 6.07 Å². The number of anilines is 2. The second-order valence-electron chi connectivity index (χ2n) is 7.80. The van der Waals surface area contributed by atoms with E-state index < -0.39 is 21.0 Å². The Hall–Kier alpha value is -4.35. The van der Waals surface area contributed by atoms with E-state index >= 15 is 0 Å². The minimum atomic E-state index is -3.87. The van der Waals surface area contributed by atoms with Gasteiger partial charge >= 0.3 is 0 Å². The van der Waals surface area contributed by atoms with Gasteiger partial charge in [0.15, 0.2) is 11.0 Å². The lowest BCUT2D eigenvalue weighted by molar-refractivity contribution is 0.601. The van der Waals surface area contributed by atoms with Crippen LogP contribution in [-0.4, -0.2) is 33.0 Å². The maximum atomic E-state index is 13.1. The molecule has 4 N–H and O–H groups in total. The molecule has 5 aromatic rings. The molecule has 0 spiro atoms. The van der Waals surface area contributed by atoms with E-state index in [1.54, 1.807) is 66.9 Å². The van der Waals surface area contributed by atoms with Gasteiger partial charge in [0.1, 0.15) is 5.82 Å². The third-order valence-corrected chi connectivity index (χ3v) is 8.12. The van der Waals surface area contributed by atoms with E-state index in [1.165, 1.54) is 22.4 Å². The lowest BCUT2D eigenvalue weighted by Crippen LogP contribution is -2.15. The Morgan fingerprint density at radius 2 is 1.64 bits per heavy atom. The third kappa shape index (κ3) is 4.37. The number of fused-ring (bicyclic) bond motifs is 1. The maximum absolute atomic E-state index is 13.1. The quantitative estimate of drug-likeness (QED) is 0.220. The van der Waals surface area contributed by atoms with Crippen LogP contribution in [0.5, 0.6) is 0 Å². The third-order valence-electron chi connectivity index (χ3n) is 5.48. The van der Waals surface area contributed by atoms with Gasteiger partial charge in [-0.15, -0.1) is 0 Å². The molecule has 0 radical (unpaired) electrons. The fraction of sp³-hybridized carbons (Fsp3) is 0. The first-order valence-electron chi connectivity index (χ1n) is 10.7. The predicted octanol–water partition coefficient (Wildman–Crippen LogP) is 4.05. The molecule has 0 amide bonds. The van der Waals surface area contributed by atoms with Crippen LogP contribution in [0.1, 0.15) is 5.56 Å². The van der Waals surface area contributed by atoms with Crippen LogP contribution in [0.15, 0.2) is 101 Å². The van der Waals surface area contributed by atoms with E-state index in [0.717, 1.165) is 6.21 Å². The number of rotatable bonds is 7. The van der Waals surface area contributed by atoms with Crippen LogP contribution >= 0.6 is 0 Å². The first-order chi connectivity index (χ1) is 17.4. The molecule has 3 aromatic carbocycles. The van der Waals surface area contributed by atoms with Crippen LogP contribution in [0.25, 0.3) is 22.0 Å². The molecule has 5 rings (SSSR count). The van der Waals surface area contributed by atoms with Gasteiger partial charge in [0.25, 0.3) is 10.0 Å². The molecule has 1 atom stereocenters. The van der Waals surface area contributed by atoms with Crippen molar-refractivity contribution in [1.82, 2.24) is 14.2 Å². The van der Waals surface area contributed by atoms with Crippen LogP contribution < -0.4 is 10.5 Å². The monoisotopic (exact) mass is 516 g/mol. The van der Waals surface area contributed by atoms with Crippen LogP contribution in [0, 0.1) is 5.41 Å². The molecule has 0 aliphatic rings. The number of sulfonamides is 1. The van der Waals surface area contributed by atoms with Crippen molar-refractivity contribution in [2.45, 2.75) is 9.79 Å². The zero-order valence-corrected chi connectivity index (χ0v) is 20.3. The summed E-state index contributed by atoms with van der Waals surface area (Å²) in [7, 11) is -5.46. The van der Waals surface area contributed by atoms with Crippen molar-refractivity contribution in [3.63, 3.8) is 0 Å². The predicted molar refractivity (Wildman–Crippen MR) is 141 cm³/mol. The molecule has 0 saturated carbocycles. The highest BCUT2D eigenvalue weighted by molar-refractivity contribution is 7.92. The van der Waals surface area contributed by atoms with E-state index in [9.17, 15) is 12.6 Å². The SMILES string of the molecule is N=Cc1cc(-c2cc(N)c3cnn(S(=O)c4ccccc4)c3c2)cnc1NS(=O)(=O)c1ccccc1. The molecule has 0 saturated heterocycles. The average molecular weight is 517 g/mol. The Balaban J connectivity index is 1.54. The number of nitrogens with one attached hydrogen (secondary N) is 2. The summed E-state index contributed by atoms with van der Waals surface area (Å²) in [6.07, 6.45) is 4.08. The lowest BCUT2D eigenvalue weighted by Gasteiger charge is -2.12. The Labute approximate surface area is 209 Å². The first-order valence-corrected chi connectivity index (χ1v) is 13.3. The van der Waals surface area contributed by atoms with Crippen molar-refractivity contribution in [2.75, 3.05) is 10.5 Å². The summed E-state index contributed by atoms with van der Waals surface area (Å²) in [6, 6.07) is 22.0. The van der Waals surface area contributed by atoms with Crippen LogP contribution in [-0.2, 0) is 21.0 Å². The van der Waals surface area contributed by atoms with Crippen LogP contribution in [0.2, 0.25) is 0 Å². The van der Waals surface area contributed by atoms with Gasteiger partial charge in [-0.3, -0.25) is 4.72 Å². The summed E-state index contributed by atoms with van der Waals surface area (Å²) in [6.45, 7) is 0. The van der Waals surface area contributed by atoms with Gasteiger partial charge in [0.2, 0.25) is 0 Å². The van der Waals surface area contributed by atoms with Gasteiger partial charge < -0.3 is 11.1 Å². The van der Waals surface area contributed by atoms with Gasteiger partial charge in [-0.25, -0.2) is 17.6 Å². The number of pyridine rings is 1. The molecule has 1 unspecified atom stereocenters. The average Bonchev–Trinajstić information content (AvgIpc) is 3.34. The smallest absolute Gasteiger partial charge is 0.263 e. The Morgan fingerprint density at radius 3 is 2.33 bits per heavy atom. The summed E-state index contributed by atoms with van der Waals surface area (Å²) < 4.78 is 42.4. The molecule has 9 nitrogen and oxygen atoms in total. The Kier molecular flexibility index (Phi) is 6.08. The number of nitrogens with zero attached hydrogens (tertiary/aromatic N) is 3. The van der Waals surface area contributed by atoms with Gasteiger partial charge in [-0.1, -0.05) is 36.4 Å². The van der Waals surface area contributed by atoms with E-state index in [4.69, 9.17) is 11.1 Å². The zero-order chi connectivity index (χ0) is 25.3. The zero-order valence-electron chi connectivity index (χ0n) is 18.7. The Bertz CT molecular complexity index is 1720. The summed E-state index contributed by atoms with van der Waals surface area (Å²) >= 11 is 0. The van der Waals surface area contributed by atoms with Gasteiger partial charge in [0, 0.05) is 34.6 Å². The van der Waals surface area contributed by atoms with E-state index in [0.29, 0.717) is 32.6 Å². The molecule has 0 bridgehead atoms. The number of nitrogens with two attached hydrogens (primary N) is 1. The lowest BCUT2D eigenvalue weighted by atomic mass is 10.0. The van der Waals surface area contributed by atoms with E-state index in [-0.39, 0.29) is 16.3 Å². The second kappa shape index (κ2) is 9.36. The number of nitrogen functional groups attached to an aromatic ring is 1. The number of aromatic nitrogens is 3. The van der Waals surface area contributed by atoms with Crippen LogP contribution in [0.3, 0.4) is 0 Å². The fourth-order valence-corrected chi connectivity index (χ4v) is 5.80. The van der Waals surface area contributed by atoms with Crippen LogP contribution in [0.4, 0.5) is 11.5 Å². The molecule has 0 aliphatic heterocycles. The molecular weight excluding hydrogens is 496 g/mol.